The Bertz CT molecular complexity index is 703. The summed E-state index contributed by atoms with van der Waals surface area (Å²) in [5.74, 6) is -1.28. The number of aromatic nitrogens is 1. The summed E-state index contributed by atoms with van der Waals surface area (Å²) in [7, 11) is 1.23. The number of hydrogen-bond donors (Lipinski definition) is 2. The van der Waals surface area contributed by atoms with Gasteiger partial charge in [-0.25, -0.2) is 4.79 Å². The minimum atomic E-state index is -0.623. The summed E-state index contributed by atoms with van der Waals surface area (Å²) in [6.45, 7) is 0. The van der Waals surface area contributed by atoms with Crippen molar-refractivity contribution in [3.63, 3.8) is 0 Å². The fraction of sp³-hybridized carbons (Fsp3) is 0.0714. The fourth-order valence-corrected chi connectivity index (χ4v) is 1.82. The van der Waals surface area contributed by atoms with E-state index in [1.54, 1.807) is 0 Å². The summed E-state index contributed by atoms with van der Waals surface area (Å²) in [4.78, 5) is 27.5. The van der Waals surface area contributed by atoms with E-state index in [0.717, 1.165) is 0 Å². The molecule has 1 aromatic carbocycles. The Labute approximate surface area is 125 Å². The van der Waals surface area contributed by atoms with Crippen LogP contribution >= 0.6 is 11.6 Å². The van der Waals surface area contributed by atoms with Crippen molar-refractivity contribution in [1.29, 1.82) is 0 Å². The van der Waals surface area contributed by atoms with E-state index in [4.69, 9.17) is 11.6 Å². The molecular weight excluding hydrogens is 296 g/mol. The van der Waals surface area contributed by atoms with Gasteiger partial charge in [0.25, 0.3) is 5.91 Å². The summed E-state index contributed by atoms with van der Waals surface area (Å²) in [6, 6.07) is 5.67. The maximum absolute atomic E-state index is 12.1. The average molecular weight is 307 g/mol. The quantitative estimate of drug-likeness (QED) is 0.850. The van der Waals surface area contributed by atoms with Crippen LogP contribution in [0.2, 0.25) is 5.02 Å². The summed E-state index contributed by atoms with van der Waals surface area (Å²) in [5.41, 5.74) is 0.534. The van der Waals surface area contributed by atoms with E-state index in [0.29, 0.717) is 5.02 Å². The zero-order valence-electron chi connectivity index (χ0n) is 11.0. The Balaban J connectivity index is 2.31. The standard InChI is InChI=1S/C14H11ClN2O4/c1-21-14(20)11-5-9(15)2-3-12(11)17-13(19)8-4-10(18)7-16-6-8/h2-7,18H,1H3,(H,17,19). The lowest BCUT2D eigenvalue weighted by molar-refractivity contribution is 0.0602. The van der Waals surface area contributed by atoms with Crippen molar-refractivity contribution in [2.24, 2.45) is 0 Å². The van der Waals surface area contributed by atoms with Gasteiger partial charge in [0, 0.05) is 11.2 Å². The largest absolute Gasteiger partial charge is 0.506 e. The van der Waals surface area contributed by atoms with Crippen molar-refractivity contribution in [2.75, 3.05) is 12.4 Å². The van der Waals surface area contributed by atoms with Crippen LogP contribution in [0.25, 0.3) is 0 Å². The van der Waals surface area contributed by atoms with E-state index in [-0.39, 0.29) is 22.6 Å². The van der Waals surface area contributed by atoms with Gasteiger partial charge in [-0.15, -0.1) is 0 Å². The minimum absolute atomic E-state index is 0.131. The van der Waals surface area contributed by atoms with E-state index < -0.39 is 11.9 Å². The van der Waals surface area contributed by atoms with Crippen LogP contribution in [-0.4, -0.2) is 29.1 Å². The van der Waals surface area contributed by atoms with Gasteiger partial charge in [0.1, 0.15) is 5.75 Å². The second-order valence-corrected chi connectivity index (χ2v) is 4.50. The Morgan fingerprint density at radius 2 is 2.05 bits per heavy atom. The topological polar surface area (TPSA) is 88.5 Å². The zero-order valence-corrected chi connectivity index (χ0v) is 11.7. The molecule has 1 heterocycles. The maximum atomic E-state index is 12.1. The molecule has 0 aliphatic heterocycles. The highest BCUT2D eigenvalue weighted by atomic mass is 35.5. The number of rotatable bonds is 3. The van der Waals surface area contributed by atoms with Crippen molar-refractivity contribution in [2.45, 2.75) is 0 Å². The van der Waals surface area contributed by atoms with E-state index in [1.165, 1.54) is 43.8 Å². The molecule has 0 unspecified atom stereocenters. The average Bonchev–Trinajstić information content (AvgIpc) is 2.48. The number of halogens is 1. The number of nitrogens with one attached hydrogen (secondary N) is 1. The van der Waals surface area contributed by atoms with Crippen LogP contribution in [0.5, 0.6) is 5.75 Å². The van der Waals surface area contributed by atoms with Crippen LogP contribution in [0.1, 0.15) is 20.7 Å². The monoisotopic (exact) mass is 306 g/mol. The number of carbonyl (C=O) groups excluding carboxylic acids is 2. The fourth-order valence-electron chi connectivity index (χ4n) is 1.65. The number of aromatic hydroxyl groups is 1. The number of anilines is 1. The lowest BCUT2D eigenvalue weighted by Crippen LogP contribution is -2.15. The normalized spacial score (nSPS) is 10.0. The van der Waals surface area contributed by atoms with Crippen LogP contribution in [0.4, 0.5) is 5.69 Å². The Hall–Kier alpha value is -2.60. The highest BCUT2D eigenvalue weighted by Crippen LogP contribution is 2.22. The number of hydrogen-bond acceptors (Lipinski definition) is 5. The van der Waals surface area contributed by atoms with Crippen molar-refractivity contribution in [1.82, 2.24) is 4.98 Å². The molecule has 6 nitrogen and oxygen atoms in total. The number of nitrogens with zero attached hydrogens (tertiary/aromatic N) is 1. The predicted molar refractivity (Wildman–Crippen MR) is 76.6 cm³/mol. The Morgan fingerprint density at radius 3 is 2.71 bits per heavy atom. The number of esters is 1. The first-order valence-corrected chi connectivity index (χ1v) is 6.22. The smallest absolute Gasteiger partial charge is 0.340 e. The van der Waals surface area contributed by atoms with E-state index in [2.05, 4.69) is 15.0 Å². The molecule has 2 aromatic rings. The third kappa shape index (κ3) is 3.49. The molecule has 0 radical (unpaired) electrons. The van der Waals surface area contributed by atoms with Gasteiger partial charge < -0.3 is 15.2 Å². The summed E-state index contributed by atoms with van der Waals surface area (Å²) in [6.07, 6.45) is 2.50. The molecule has 2 N–H and O–H groups in total. The molecule has 0 saturated carbocycles. The van der Waals surface area contributed by atoms with Gasteiger partial charge in [-0.1, -0.05) is 11.6 Å². The third-order valence-corrected chi connectivity index (χ3v) is 2.86. The Morgan fingerprint density at radius 1 is 1.29 bits per heavy atom. The first-order valence-electron chi connectivity index (χ1n) is 5.84. The molecule has 0 saturated heterocycles. The second-order valence-electron chi connectivity index (χ2n) is 4.07. The van der Waals surface area contributed by atoms with E-state index >= 15 is 0 Å². The van der Waals surface area contributed by atoms with Gasteiger partial charge in [-0.3, -0.25) is 9.78 Å². The van der Waals surface area contributed by atoms with Gasteiger partial charge in [-0.05, 0) is 24.3 Å². The zero-order chi connectivity index (χ0) is 15.4. The summed E-state index contributed by atoms with van der Waals surface area (Å²) < 4.78 is 4.64. The van der Waals surface area contributed by atoms with Gasteiger partial charge in [0.05, 0.1) is 30.1 Å². The molecule has 0 fully saturated rings. The molecule has 0 atom stereocenters. The maximum Gasteiger partial charge on any atom is 0.340 e. The van der Waals surface area contributed by atoms with Gasteiger partial charge >= 0.3 is 5.97 Å². The molecule has 0 aliphatic carbocycles. The van der Waals surface area contributed by atoms with Crippen LogP contribution < -0.4 is 5.32 Å². The number of ether oxygens (including phenoxy) is 1. The summed E-state index contributed by atoms with van der Waals surface area (Å²) >= 11 is 5.83. The second kappa shape index (κ2) is 6.23. The number of carbonyl (C=O) groups is 2. The predicted octanol–water partition coefficient (Wildman–Crippen LogP) is 2.48. The van der Waals surface area contributed by atoms with Crippen molar-refractivity contribution >= 4 is 29.2 Å². The molecule has 0 spiro atoms. The van der Waals surface area contributed by atoms with E-state index in [1.807, 2.05) is 0 Å². The third-order valence-electron chi connectivity index (χ3n) is 2.62. The molecule has 2 rings (SSSR count). The lowest BCUT2D eigenvalue weighted by Gasteiger charge is -2.10. The number of pyridine rings is 1. The molecule has 0 bridgehead atoms. The van der Waals surface area contributed by atoms with Crippen LogP contribution in [0.15, 0.2) is 36.7 Å². The number of methoxy groups -OCH3 is 1. The molecule has 1 amide bonds. The van der Waals surface area contributed by atoms with Crippen LogP contribution in [0.3, 0.4) is 0 Å². The minimum Gasteiger partial charge on any atom is -0.506 e. The molecular formula is C14H11ClN2O4. The highest BCUT2D eigenvalue weighted by Gasteiger charge is 2.16. The van der Waals surface area contributed by atoms with E-state index in [9.17, 15) is 14.7 Å². The molecule has 1 aromatic heterocycles. The molecule has 0 aliphatic rings. The lowest BCUT2D eigenvalue weighted by atomic mass is 10.1. The molecule has 21 heavy (non-hydrogen) atoms. The van der Waals surface area contributed by atoms with Crippen LogP contribution in [-0.2, 0) is 4.74 Å². The number of benzene rings is 1. The van der Waals surface area contributed by atoms with Gasteiger partial charge in [0.15, 0.2) is 0 Å². The van der Waals surface area contributed by atoms with Gasteiger partial charge in [-0.2, -0.15) is 0 Å². The van der Waals surface area contributed by atoms with Crippen molar-refractivity contribution < 1.29 is 19.4 Å². The summed E-state index contributed by atoms with van der Waals surface area (Å²) in [5, 5.41) is 12.2. The SMILES string of the molecule is COC(=O)c1cc(Cl)ccc1NC(=O)c1cncc(O)c1. The molecule has 7 heteroatoms. The first-order chi connectivity index (χ1) is 10.0. The highest BCUT2D eigenvalue weighted by molar-refractivity contribution is 6.31. The van der Waals surface area contributed by atoms with Crippen LogP contribution in [0, 0.1) is 0 Å². The number of amides is 1. The first kappa shape index (κ1) is 14.8. The van der Waals surface area contributed by atoms with Crippen molar-refractivity contribution in [3.8, 4) is 5.75 Å². The Kier molecular flexibility index (Phi) is 4.39. The van der Waals surface area contributed by atoms with Gasteiger partial charge in [0.2, 0.25) is 0 Å². The van der Waals surface area contributed by atoms with Crippen molar-refractivity contribution in [3.05, 3.63) is 52.8 Å². The molecule has 108 valence electrons.